The predicted molar refractivity (Wildman–Crippen MR) is 128 cm³/mol. The number of carbonyl (C=O) groups is 2. The van der Waals surface area contributed by atoms with Gasteiger partial charge in [0, 0.05) is 27.5 Å². The molecule has 4 rings (SSSR count). The monoisotopic (exact) mass is 538 g/mol. The van der Waals surface area contributed by atoms with Gasteiger partial charge in [-0.05, 0) is 66.6 Å². The fourth-order valence-electron chi connectivity index (χ4n) is 4.21. The SMILES string of the molecule is Cc1cc(N2C(=O)NC(O)C2(c2cc(Cl)cc(Cl)c2)C(F)(F)F)ccc1C(=O)NCc1ccccn1. The average Bonchev–Trinajstić information content (AvgIpc) is 3.08. The van der Waals surface area contributed by atoms with E-state index in [4.69, 9.17) is 23.2 Å². The van der Waals surface area contributed by atoms with E-state index in [1.54, 1.807) is 24.4 Å². The Kier molecular flexibility index (Phi) is 6.87. The number of halogens is 5. The summed E-state index contributed by atoms with van der Waals surface area (Å²) in [5, 5.41) is 15.0. The van der Waals surface area contributed by atoms with Crippen LogP contribution in [0.4, 0.5) is 23.7 Å². The number of hydrogen-bond acceptors (Lipinski definition) is 4. The lowest BCUT2D eigenvalue weighted by molar-refractivity contribution is -0.211. The van der Waals surface area contributed by atoms with Gasteiger partial charge in [0.2, 0.25) is 5.54 Å². The lowest BCUT2D eigenvalue weighted by Gasteiger charge is -2.40. The molecule has 1 aliphatic rings. The summed E-state index contributed by atoms with van der Waals surface area (Å²) in [7, 11) is 0. The maximum absolute atomic E-state index is 14.7. The molecule has 0 spiro atoms. The predicted octanol–water partition coefficient (Wildman–Crippen LogP) is 4.93. The Morgan fingerprint density at radius 1 is 1.17 bits per heavy atom. The normalized spacial score (nSPS) is 19.8. The van der Waals surface area contributed by atoms with Crippen molar-refractivity contribution in [2.75, 3.05) is 4.90 Å². The number of aliphatic hydroxyl groups is 1. The average molecular weight is 539 g/mol. The van der Waals surface area contributed by atoms with E-state index in [0.29, 0.717) is 16.2 Å². The Balaban J connectivity index is 1.75. The molecule has 2 heterocycles. The number of nitrogens with one attached hydrogen (secondary N) is 2. The van der Waals surface area contributed by atoms with Crippen LogP contribution in [-0.2, 0) is 12.1 Å². The topological polar surface area (TPSA) is 94.6 Å². The number of hydrogen-bond donors (Lipinski definition) is 3. The van der Waals surface area contributed by atoms with Crippen molar-refractivity contribution in [1.82, 2.24) is 15.6 Å². The third-order valence-corrected chi connectivity index (χ3v) is 6.25. The smallest absolute Gasteiger partial charge is 0.370 e. The lowest BCUT2D eigenvalue weighted by Crippen LogP contribution is -2.59. The van der Waals surface area contributed by atoms with E-state index in [1.807, 2.05) is 5.32 Å². The van der Waals surface area contributed by atoms with Crippen molar-refractivity contribution < 1.29 is 27.9 Å². The largest absolute Gasteiger partial charge is 0.420 e. The van der Waals surface area contributed by atoms with Gasteiger partial charge in [-0.15, -0.1) is 0 Å². The second-order valence-electron chi connectivity index (χ2n) is 8.11. The zero-order valence-corrected chi connectivity index (χ0v) is 20.1. The van der Waals surface area contributed by atoms with Crippen molar-refractivity contribution in [1.29, 1.82) is 0 Å². The molecule has 12 heteroatoms. The van der Waals surface area contributed by atoms with E-state index >= 15 is 0 Å². The van der Waals surface area contributed by atoms with Gasteiger partial charge >= 0.3 is 12.2 Å². The van der Waals surface area contributed by atoms with Crippen LogP contribution in [0.5, 0.6) is 0 Å². The summed E-state index contributed by atoms with van der Waals surface area (Å²) in [6.45, 7) is 1.67. The number of rotatable bonds is 5. The summed E-state index contributed by atoms with van der Waals surface area (Å²) in [4.78, 5) is 30.0. The highest BCUT2D eigenvalue weighted by Crippen LogP contribution is 2.51. The third kappa shape index (κ3) is 4.47. The molecule has 7 nitrogen and oxygen atoms in total. The highest BCUT2D eigenvalue weighted by Gasteiger charge is 2.70. The summed E-state index contributed by atoms with van der Waals surface area (Å²) in [6.07, 6.45) is -5.95. The van der Waals surface area contributed by atoms with Gasteiger partial charge in [-0.25, -0.2) is 4.79 Å². The molecule has 1 fully saturated rings. The van der Waals surface area contributed by atoms with E-state index in [2.05, 4.69) is 10.3 Å². The van der Waals surface area contributed by atoms with Gasteiger partial charge < -0.3 is 15.7 Å². The summed E-state index contributed by atoms with van der Waals surface area (Å²) in [5.74, 6) is -0.473. The lowest BCUT2D eigenvalue weighted by atomic mass is 9.86. The molecule has 0 bridgehead atoms. The van der Waals surface area contributed by atoms with E-state index < -0.39 is 35.4 Å². The number of amides is 3. The summed E-state index contributed by atoms with van der Waals surface area (Å²) < 4.78 is 44.2. The number of carbonyl (C=O) groups excluding carboxylic acids is 2. The quantitative estimate of drug-likeness (QED) is 0.429. The number of aliphatic hydroxyl groups excluding tert-OH is 1. The number of benzene rings is 2. The van der Waals surface area contributed by atoms with Crippen LogP contribution in [0.15, 0.2) is 60.8 Å². The second-order valence-corrected chi connectivity index (χ2v) is 8.99. The first-order valence-electron chi connectivity index (χ1n) is 10.6. The van der Waals surface area contributed by atoms with Crippen molar-refractivity contribution in [2.45, 2.75) is 31.4 Å². The Bertz CT molecular complexity index is 1300. The molecular formula is C24H19Cl2F3N4O3. The van der Waals surface area contributed by atoms with E-state index in [-0.39, 0.29) is 27.8 Å². The summed E-state index contributed by atoms with van der Waals surface area (Å²) in [6, 6.07) is 11.0. The molecule has 1 aromatic heterocycles. The van der Waals surface area contributed by atoms with E-state index in [9.17, 15) is 27.9 Å². The maximum atomic E-state index is 14.7. The molecule has 0 aliphatic carbocycles. The fourth-order valence-corrected chi connectivity index (χ4v) is 4.73. The minimum atomic E-state index is -5.16. The van der Waals surface area contributed by atoms with Crippen LogP contribution in [0.1, 0.15) is 27.2 Å². The molecule has 1 saturated heterocycles. The highest BCUT2D eigenvalue weighted by molar-refractivity contribution is 6.34. The molecule has 1 aliphatic heterocycles. The molecule has 36 heavy (non-hydrogen) atoms. The summed E-state index contributed by atoms with van der Waals surface area (Å²) in [5.41, 5.74) is -2.85. The number of aromatic nitrogens is 1. The highest BCUT2D eigenvalue weighted by atomic mass is 35.5. The minimum Gasteiger partial charge on any atom is -0.370 e. The number of nitrogens with zero attached hydrogens (tertiary/aromatic N) is 2. The minimum absolute atomic E-state index is 0.108. The van der Waals surface area contributed by atoms with Crippen LogP contribution in [0.3, 0.4) is 0 Å². The Labute approximate surface area is 213 Å². The van der Waals surface area contributed by atoms with E-state index in [0.717, 1.165) is 12.1 Å². The first-order chi connectivity index (χ1) is 16.9. The molecular weight excluding hydrogens is 520 g/mol. The molecule has 3 amide bonds. The Hall–Kier alpha value is -3.34. The van der Waals surface area contributed by atoms with Crippen molar-refractivity contribution in [3.8, 4) is 0 Å². The first kappa shape index (κ1) is 25.7. The van der Waals surface area contributed by atoms with Gasteiger partial charge in [-0.1, -0.05) is 29.3 Å². The van der Waals surface area contributed by atoms with Crippen molar-refractivity contribution in [3.63, 3.8) is 0 Å². The standard InChI is InChI=1S/C24H19Cl2F3N4O3/c1-13-8-18(5-6-19(13)20(34)31-12-17-4-2-3-7-30-17)33-22(36)32-21(35)23(33,24(27,28)29)14-9-15(25)11-16(26)10-14/h2-11,21,35H,12H2,1H3,(H,31,34)(H,32,36). The van der Waals surface area contributed by atoms with Crippen LogP contribution in [-0.4, -0.2) is 34.4 Å². The van der Waals surface area contributed by atoms with Crippen LogP contribution in [0.25, 0.3) is 0 Å². The molecule has 188 valence electrons. The molecule has 0 radical (unpaired) electrons. The van der Waals surface area contributed by atoms with Crippen molar-refractivity contribution >= 4 is 40.8 Å². The molecule has 0 saturated carbocycles. The number of pyridine rings is 1. The van der Waals surface area contributed by atoms with Gasteiger partial charge in [0.1, 0.15) is 0 Å². The molecule has 3 N–H and O–H groups in total. The number of aryl methyl sites for hydroxylation is 1. The second kappa shape index (κ2) is 9.61. The summed E-state index contributed by atoms with van der Waals surface area (Å²) >= 11 is 11.9. The maximum Gasteiger partial charge on any atom is 0.420 e. The number of alkyl halides is 3. The zero-order chi connectivity index (χ0) is 26.3. The third-order valence-electron chi connectivity index (χ3n) is 5.82. The van der Waals surface area contributed by atoms with Crippen LogP contribution < -0.4 is 15.5 Å². The van der Waals surface area contributed by atoms with Crippen molar-refractivity contribution in [2.24, 2.45) is 0 Å². The van der Waals surface area contributed by atoms with Crippen LogP contribution in [0, 0.1) is 6.92 Å². The van der Waals surface area contributed by atoms with Gasteiger partial charge in [-0.3, -0.25) is 14.7 Å². The van der Waals surface area contributed by atoms with Gasteiger partial charge in [0.15, 0.2) is 6.23 Å². The van der Waals surface area contributed by atoms with Crippen LogP contribution in [0.2, 0.25) is 10.0 Å². The molecule has 2 aromatic carbocycles. The molecule has 2 unspecified atom stereocenters. The Morgan fingerprint density at radius 3 is 2.44 bits per heavy atom. The van der Waals surface area contributed by atoms with Gasteiger partial charge in [0.05, 0.1) is 12.2 Å². The van der Waals surface area contributed by atoms with Gasteiger partial charge in [0.25, 0.3) is 5.91 Å². The van der Waals surface area contributed by atoms with E-state index in [1.165, 1.54) is 31.2 Å². The number of anilines is 1. The fraction of sp³-hybridized carbons (Fsp3) is 0.208. The van der Waals surface area contributed by atoms with Gasteiger partial charge in [-0.2, -0.15) is 13.2 Å². The zero-order valence-electron chi connectivity index (χ0n) is 18.6. The number of urea groups is 1. The first-order valence-corrected chi connectivity index (χ1v) is 11.3. The van der Waals surface area contributed by atoms with Crippen LogP contribution >= 0.6 is 23.2 Å². The Morgan fingerprint density at radius 2 is 1.86 bits per heavy atom. The van der Waals surface area contributed by atoms with Crippen molar-refractivity contribution in [3.05, 3.63) is 93.2 Å². The molecule has 3 aromatic rings. The molecule has 2 atom stereocenters.